The van der Waals surface area contributed by atoms with Crippen molar-refractivity contribution in [3.05, 3.63) is 49.1 Å². The average Bonchev–Trinajstić information content (AvgIpc) is 2.39. The standard InChI is InChI=1S/C13H16O2.C2H6/c1-4-6-11-7-8-12(15-9-5-2)13(10-11)14-3;1-2/h4-5,7-8,10H,1-2,6,9H2,3H3;1-2H3. The van der Waals surface area contributed by atoms with Gasteiger partial charge < -0.3 is 9.47 Å². The van der Waals surface area contributed by atoms with Crippen LogP contribution in [0, 0.1) is 0 Å². The van der Waals surface area contributed by atoms with Gasteiger partial charge in [0.15, 0.2) is 11.5 Å². The van der Waals surface area contributed by atoms with Crippen LogP contribution < -0.4 is 9.47 Å². The zero-order valence-corrected chi connectivity index (χ0v) is 11.0. The van der Waals surface area contributed by atoms with Crippen LogP contribution in [0.2, 0.25) is 0 Å². The summed E-state index contributed by atoms with van der Waals surface area (Å²) < 4.78 is 10.7. The highest BCUT2D eigenvalue weighted by Crippen LogP contribution is 2.28. The van der Waals surface area contributed by atoms with Crippen LogP contribution in [0.5, 0.6) is 11.5 Å². The van der Waals surface area contributed by atoms with E-state index in [2.05, 4.69) is 13.2 Å². The fourth-order valence-corrected chi connectivity index (χ4v) is 1.27. The summed E-state index contributed by atoms with van der Waals surface area (Å²) in [6.07, 6.45) is 4.40. The van der Waals surface area contributed by atoms with Crippen molar-refractivity contribution in [1.29, 1.82) is 0 Å². The number of methoxy groups -OCH3 is 1. The van der Waals surface area contributed by atoms with Crippen LogP contribution in [0.25, 0.3) is 0 Å². The fraction of sp³-hybridized carbons (Fsp3) is 0.333. The van der Waals surface area contributed by atoms with Crippen molar-refractivity contribution in [2.75, 3.05) is 13.7 Å². The topological polar surface area (TPSA) is 18.5 Å². The summed E-state index contributed by atoms with van der Waals surface area (Å²) in [7, 11) is 1.63. The Morgan fingerprint density at radius 1 is 1.12 bits per heavy atom. The molecule has 0 bridgehead atoms. The first-order chi connectivity index (χ1) is 8.31. The van der Waals surface area contributed by atoms with E-state index in [9.17, 15) is 0 Å². The first-order valence-electron chi connectivity index (χ1n) is 5.83. The van der Waals surface area contributed by atoms with Crippen LogP contribution in [-0.4, -0.2) is 13.7 Å². The Morgan fingerprint density at radius 2 is 1.82 bits per heavy atom. The van der Waals surface area contributed by atoms with Crippen molar-refractivity contribution >= 4 is 0 Å². The summed E-state index contributed by atoms with van der Waals surface area (Å²) in [5.41, 5.74) is 1.16. The predicted molar refractivity (Wildman–Crippen MR) is 73.9 cm³/mol. The van der Waals surface area contributed by atoms with Crippen LogP contribution in [0.1, 0.15) is 19.4 Å². The molecular formula is C15H22O2. The van der Waals surface area contributed by atoms with E-state index in [4.69, 9.17) is 9.47 Å². The van der Waals surface area contributed by atoms with Gasteiger partial charge in [0.25, 0.3) is 0 Å². The van der Waals surface area contributed by atoms with E-state index in [0.717, 1.165) is 23.5 Å². The minimum absolute atomic E-state index is 0.483. The van der Waals surface area contributed by atoms with Crippen LogP contribution >= 0.6 is 0 Å². The number of benzene rings is 1. The molecule has 0 spiro atoms. The van der Waals surface area contributed by atoms with E-state index in [1.165, 1.54) is 0 Å². The summed E-state index contributed by atoms with van der Waals surface area (Å²) in [5.74, 6) is 1.49. The van der Waals surface area contributed by atoms with Gasteiger partial charge in [-0.1, -0.05) is 38.6 Å². The van der Waals surface area contributed by atoms with Crippen molar-refractivity contribution in [3.63, 3.8) is 0 Å². The molecule has 1 aromatic carbocycles. The van der Waals surface area contributed by atoms with Crippen molar-refractivity contribution in [3.8, 4) is 11.5 Å². The highest BCUT2D eigenvalue weighted by atomic mass is 16.5. The molecule has 0 radical (unpaired) electrons. The molecule has 17 heavy (non-hydrogen) atoms. The van der Waals surface area contributed by atoms with Crippen LogP contribution in [0.15, 0.2) is 43.5 Å². The molecule has 0 fully saturated rings. The minimum Gasteiger partial charge on any atom is -0.493 e. The third-order valence-electron chi connectivity index (χ3n) is 1.96. The summed E-state index contributed by atoms with van der Waals surface area (Å²) in [6, 6.07) is 5.86. The van der Waals surface area contributed by atoms with Gasteiger partial charge in [-0.2, -0.15) is 0 Å². The lowest BCUT2D eigenvalue weighted by atomic mass is 10.1. The fourth-order valence-electron chi connectivity index (χ4n) is 1.27. The Balaban J connectivity index is 0.00000121. The summed E-state index contributed by atoms with van der Waals surface area (Å²) in [5, 5.41) is 0. The maximum Gasteiger partial charge on any atom is 0.161 e. The summed E-state index contributed by atoms with van der Waals surface area (Å²) in [4.78, 5) is 0. The van der Waals surface area contributed by atoms with Crippen LogP contribution in [-0.2, 0) is 6.42 Å². The second kappa shape index (κ2) is 9.52. The van der Waals surface area contributed by atoms with Gasteiger partial charge in [0.2, 0.25) is 0 Å². The van der Waals surface area contributed by atoms with E-state index >= 15 is 0 Å². The second-order valence-electron chi connectivity index (χ2n) is 3.08. The monoisotopic (exact) mass is 234 g/mol. The lowest BCUT2D eigenvalue weighted by Crippen LogP contribution is -1.96. The molecule has 0 aromatic heterocycles. The minimum atomic E-state index is 0.483. The van der Waals surface area contributed by atoms with Gasteiger partial charge in [-0.15, -0.1) is 6.58 Å². The Bertz CT molecular complexity index is 343. The maximum absolute atomic E-state index is 5.44. The lowest BCUT2D eigenvalue weighted by molar-refractivity contribution is 0.326. The predicted octanol–water partition coefficient (Wildman–Crippen LogP) is 4.01. The molecule has 2 nitrogen and oxygen atoms in total. The molecule has 0 amide bonds. The molecule has 0 atom stereocenters. The normalized spacial score (nSPS) is 8.65. The third kappa shape index (κ3) is 5.25. The molecule has 0 aliphatic heterocycles. The Kier molecular flexibility index (Phi) is 8.57. The van der Waals surface area contributed by atoms with Gasteiger partial charge in [-0.25, -0.2) is 0 Å². The Labute approximate surface area is 105 Å². The van der Waals surface area contributed by atoms with Gasteiger partial charge in [0, 0.05) is 0 Å². The smallest absolute Gasteiger partial charge is 0.161 e. The van der Waals surface area contributed by atoms with Gasteiger partial charge in [-0.05, 0) is 24.1 Å². The van der Waals surface area contributed by atoms with E-state index < -0.39 is 0 Å². The van der Waals surface area contributed by atoms with E-state index in [1.807, 2.05) is 38.1 Å². The van der Waals surface area contributed by atoms with Gasteiger partial charge in [0.05, 0.1) is 7.11 Å². The Morgan fingerprint density at radius 3 is 2.35 bits per heavy atom. The highest BCUT2D eigenvalue weighted by Gasteiger charge is 2.04. The number of allylic oxidation sites excluding steroid dienone is 1. The highest BCUT2D eigenvalue weighted by molar-refractivity contribution is 5.43. The summed E-state index contributed by atoms with van der Waals surface area (Å²) in [6.45, 7) is 11.8. The molecule has 0 saturated carbocycles. The largest absolute Gasteiger partial charge is 0.493 e. The molecule has 1 rings (SSSR count). The molecule has 0 aliphatic carbocycles. The molecule has 0 saturated heterocycles. The average molecular weight is 234 g/mol. The summed E-state index contributed by atoms with van der Waals surface area (Å²) >= 11 is 0. The van der Waals surface area contributed by atoms with Crippen molar-refractivity contribution in [2.24, 2.45) is 0 Å². The maximum atomic E-state index is 5.44. The van der Waals surface area contributed by atoms with Gasteiger partial charge in [0.1, 0.15) is 6.61 Å². The molecule has 1 aromatic rings. The zero-order valence-electron chi connectivity index (χ0n) is 11.0. The van der Waals surface area contributed by atoms with E-state index in [-0.39, 0.29) is 0 Å². The molecule has 94 valence electrons. The first kappa shape index (κ1) is 15.3. The van der Waals surface area contributed by atoms with Crippen molar-refractivity contribution in [1.82, 2.24) is 0 Å². The van der Waals surface area contributed by atoms with Crippen molar-refractivity contribution < 1.29 is 9.47 Å². The number of hydrogen-bond acceptors (Lipinski definition) is 2. The van der Waals surface area contributed by atoms with Crippen LogP contribution in [0.3, 0.4) is 0 Å². The number of hydrogen-bond donors (Lipinski definition) is 0. The zero-order chi connectivity index (χ0) is 13.1. The molecule has 0 heterocycles. The third-order valence-corrected chi connectivity index (χ3v) is 1.96. The molecular weight excluding hydrogens is 212 g/mol. The Hall–Kier alpha value is -1.70. The SMILES string of the molecule is C=CCOc1ccc(CC=C)cc1OC.CC. The molecule has 2 heteroatoms. The van der Waals surface area contributed by atoms with Gasteiger partial charge in [-0.3, -0.25) is 0 Å². The first-order valence-corrected chi connectivity index (χ1v) is 5.83. The quantitative estimate of drug-likeness (QED) is 0.692. The van der Waals surface area contributed by atoms with E-state index in [0.29, 0.717) is 6.61 Å². The number of rotatable bonds is 6. The number of ether oxygens (including phenoxy) is 2. The lowest BCUT2D eigenvalue weighted by Gasteiger charge is -2.10. The molecule has 0 aliphatic rings. The van der Waals surface area contributed by atoms with Gasteiger partial charge >= 0.3 is 0 Å². The van der Waals surface area contributed by atoms with Crippen LogP contribution in [0.4, 0.5) is 0 Å². The van der Waals surface area contributed by atoms with E-state index in [1.54, 1.807) is 13.2 Å². The molecule has 0 N–H and O–H groups in total. The molecule has 0 unspecified atom stereocenters. The van der Waals surface area contributed by atoms with Crippen molar-refractivity contribution in [2.45, 2.75) is 20.3 Å². The second-order valence-corrected chi connectivity index (χ2v) is 3.08.